The molecule has 41 heavy (non-hydrogen) atoms. The molecular weight excluding hydrogens is 556 g/mol. The second kappa shape index (κ2) is 13.6. The summed E-state index contributed by atoms with van der Waals surface area (Å²) in [7, 11) is 1.34. The summed E-state index contributed by atoms with van der Waals surface area (Å²) in [6, 6.07) is 14.1. The second-order valence-electron chi connectivity index (χ2n) is 9.81. The third kappa shape index (κ3) is 7.25. The van der Waals surface area contributed by atoms with E-state index in [1.54, 1.807) is 6.08 Å². The Bertz CT molecular complexity index is 1540. The quantitative estimate of drug-likeness (QED) is 0.108. The summed E-state index contributed by atoms with van der Waals surface area (Å²) in [6.07, 6.45) is 1.75. The first-order valence-electron chi connectivity index (χ1n) is 13.2. The Hall–Kier alpha value is -3.89. The van der Waals surface area contributed by atoms with Crippen LogP contribution in [0.2, 0.25) is 0 Å². The molecule has 0 fully saturated rings. The van der Waals surface area contributed by atoms with Gasteiger partial charge in [0.25, 0.3) is 0 Å². The molecule has 2 heterocycles. The highest BCUT2D eigenvalue weighted by Gasteiger charge is 2.24. The van der Waals surface area contributed by atoms with E-state index in [1.165, 1.54) is 35.8 Å². The summed E-state index contributed by atoms with van der Waals surface area (Å²) in [6.45, 7) is 12.8. The number of esters is 1. The van der Waals surface area contributed by atoms with E-state index >= 15 is 0 Å². The number of benzene rings is 2. The Morgan fingerprint density at radius 1 is 1.12 bits per heavy atom. The summed E-state index contributed by atoms with van der Waals surface area (Å²) < 4.78 is 12.9. The number of nitrogens with one attached hydrogen (secondary N) is 1. The van der Waals surface area contributed by atoms with Crippen molar-refractivity contribution in [1.82, 2.24) is 14.8 Å². The minimum absolute atomic E-state index is 0.0735. The van der Waals surface area contributed by atoms with Crippen molar-refractivity contribution in [1.29, 1.82) is 0 Å². The zero-order valence-corrected chi connectivity index (χ0v) is 25.5. The normalized spacial score (nSPS) is 11.0. The highest BCUT2D eigenvalue weighted by atomic mass is 32.2. The first-order valence-corrected chi connectivity index (χ1v) is 15.0. The van der Waals surface area contributed by atoms with Crippen LogP contribution in [-0.4, -0.2) is 39.5 Å². The molecule has 0 aliphatic rings. The summed E-state index contributed by atoms with van der Waals surface area (Å²) in [5.74, 6) is 1.12. The fraction of sp³-hybridized carbons (Fsp3) is 0.290. The van der Waals surface area contributed by atoms with E-state index in [1.807, 2.05) is 54.1 Å². The van der Waals surface area contributed by atoms with Gasteiger partial charge >= 0.3 is 5.97 Å². The number of aryl methyl sites for hydroxylation is 2. The van der Waals surface area contributed by atoms with Gasteiger partial charge in [-0.3, -0.25) is 9.36 Å². The van der Waals surface area contributed by atoms with Gasteiger partial charge in [0.15, 0.2) is 11.0 Å². The molecule has 0 aliphatic heterocycles. The van der Waals surface area contributed by atoms with Gasteiger partial charge in [0, 0.05) is 17.5 Å². The number of aromatic nitrogens is 3. The summed E-state index contributed by atoms with van der Waals surface area (Å²) >= 11 is 2.55. The number of amides is 1. The average molecular weight is 591 g/mol. The van der Waals surface area contributed by atoms with Gasteiger partial charge in [-0.2, -0.15) is 0 Å². The molecule has 0 bridgehead atoms. The molecule has 10 heteroatoms. The monoisotopic (exact) mass is 590 g/mol. The van der Waals surface area contributed by atoms with Crippen molar-refractivity contribution < 1.29 is 19.1 Å². The van der Waals surface area contributed by atoms with E-state index in [9.17, 15) is 9.59 Å². The number of carbonyl (C=O) groups excluding carboxylic acids is 2. The predicted molar refractivity (Wildman–Crippen MR) is 165 cm³/mol. The van der Waals surface area contributed by atoms with Crippen molar-refractivity contribution in [3.8, 4) is 16.9 Å². The Kier molecular flexibility index (Phi) is 10.0. The van der Waals surface area contributed by atoms with Gasteiger partial charge in [-0.1, -0.05) is 67.6 Å². The smallest absolute Gasteiger partial charge is 0.341 e. The van der Waals surface area contributed by atoms with Crippen LogP contribution in [0, 0.1) is 13.8 Å². The molecule has 4 aromatic rings. The minimum Gasteiger partial charge on any atom is -0.486 e. The Morgan fingerprint density at radius 2 is 1.88 bits per heavy atom. The zero-order chi connectivity index (χ0) is 29.5. The molecule has 1 amide bonds. The van der Waals surface area contributed by atoms with Crippen LogP contribution < -0.4 is 10.1 Å². The van der Waals surface area contributed by atoms with Crippen LogP contribution in [-0.2, 0) is 22.7 Å². The number of thioether (sulfide) groups is 1. The number of nitrogens with zero attached hydrogens (tertiary/aromatic N) is 3. The van der Waals surface area contributed by atoms with Crippen molar-refractivity contribution in [2.75, 3.05) is 18.2 Å². The minimum atomic E-state index is -0.501. The number of thiophene rings is 1. The number of ether oxygens (including phenoxy) is 2. The van der Waals surface area contributed by atoms with E-state index in [0.29, 0.717) is 34.0 Å². The third-order valence-electron chi connectivity index (χ3n) is 6.47. The molecule has 0 spiro atoms. The van der Waals surface area contributed by atoms with E-state index in [-0.39, 0.29) is 18.3 Å². The van der Waals surface area contributed by atoms with Crippen molar-refractivity contribution in [3.05, 3.63) is 88.6 Å². The van der Waals surface area contributed by atoms with Crippen molar-refractivity contribution in [2.45, 2.75) is 51.9 Å². The maximum Gasteiger partial charge on any atom is 0.341 e. The molecule has 0 saturated carbocycles. The average Bonchev–Trinajstić information content (AvgIpc) is 3.55. The molecule has 8 nitrogen and oxygen atoms in total. The third-order valence-corrected chi connectivity index (χ3v) is 8.33. The Morgan fingerprint density at radius 3 is 2.56 bits per heavy atom. The van der Waals surface area contributed by atoms with Crippen molar-refractivity contribution >= 4 is 40.0 Å². The van der Waals surface area contributed by atoms with Gasteiger partial charge in [-0.25, -0.2) is 4.79 Å². The second-order valence-corrected chi connectivity index (χ2v) is 11.6. The molecule has 1 N–H and O–H groups in total. The predicted octanol–water partition coefficient (Wildman–Crippen LogP) is 7.03. The van der Waals surface area contributed by atoms with Crippen LogP contribution in [0.25, 0.3) is 11.1 Å². The first-order chi connectivity index (χ1) is 19.7. The van der Waals surface area contributed by atoms with Gasteiger partial charge < -0.3 is 14.8 Å². The highest BCUT2D eigenvalue weighted by molar-refractivity contribution is 7.99. The SMILES string of the molecule is C=CCn1c(COc2ccc(C(C)C)cc2)nnc1SCC(=O)Nc1scc(-c2cc(C)ccc2C)c1C(=O)OC. The molecule has 0 aliphatic carbocycles. The lowest BCUT2D eigenvalue weighted by molar-refractivity contribution is -0.113. The van der Waals surface area contributed by atoms with E-state index in [4.69, 9.17) is 9.47 Å². The molecule has 2 aromatic carbocycles. The van der Waals surface area contributed by atoms with Crippen LogP contribution in [0.4, 0.5) is 5.00 Å². The van der Waals surface area contributed by atoms with Gasteiger partial charge in [0.2, 0.25) is 5.91 Å². The summed E-state index contributed by atoms with van der Waals surface area (Å²) in [5, 5.41) is 14.4. The summed E-state index contributed by atoms with van der Waals surface area (Å²) in [4.78, 5) is 25.8. The molecular formula is C31H34N4O4S2. The van der Waals surface area contributed by atoms with Gasteiger partial charge in [-0.15, -0.1) is 28.1 Å². The number of hydrogen-bond donors (Lipinski definition) is 1. The zero-order valence-electron chi connectivity index (χ0n) is 23.9. The highest BCUT2D eigenvalue weighted by Crippen LogP contribution is 2.38. The largest absolute Gasteiger partial charge is 0.486 e. The Labute approximate surface area is 248 Å². The number of rotatable bonds is 12. The molecule has 0 radical (unpaired) electrons. The number of allylic oxidation sites excluding steroid dienone is 1. The number of methoxy groups -OCH3 is 1. The van der Waals surface area contributed by atoms with E-state index < -0.39 is 5.97 Å². The lowest BCUT2D eigenvalue weighted by Gasteiger charge is -2.11. The molecule has 0 atom stereocenters. The number of hydrogen-bond acceptors (Lipinski definition) is 8. The van der Waals surface area contributed by atoms with Crippen LogP contribution in [0.15, 0.2) is 65.7 Å². The standard InChI is InChI=1S/C31H34N4O4S2/c1-7-14-35-26(16-39-23-12-10-22(11-13-23)19(2)3)33-34-31(35)41-18-27(36)32-29-28(30(37)38-6)25(17-40-29)24-15-20(4)8-9-21(24)5/h7-13,15,17,19H,1,14,16,18H2,2-6H3,(H,32,36). The number of anilines is 1. The molecule has 2 aromatic heterocycles. The van der Waals surface area contributed by atoms with E-state index in [2.05, 4.69) is 48.1 Å². The van der Waals surface area contributed by atoms with Crippen molar-refractivity contribution in [2.24, 2.45) is 0 Å². The lowest BCUT2D eigenvalue weighted by Crippen LogP contribution is -2.16. The van der Waals surface area contributed by atoms with Crippen LogP contribution in [0.1, 0.15) is 52.6 Å². The number of carbonyl (C=O) groups is 2. The van der Waals surface area contributed by atoms with E-state index in [0.717, 1.165) is 28.0 Å². The fourth-order valence-corrected chi connectivity index (χ4v) is 5.94. The fourth-order valence-electron chi connectivity index (χ4n) is 4.21. The molecule has 0 saturated heterocycles. The molecule has 214 valence electrons. The van der Waals surface area contributed by atoms with Gasteiger partial charge in [0.05, 0.1) is 12.9 Å². The van der Waals surface area contributed by atoms with Gasteiger partial charge in [-0.05, 0) is 48.6 Å². The van der Waals surface area contributed by atoms with Crippen LogP contribution >= 0.6 is 23.1 Å². The van der Waals surface area contributed by atoms with Gasteiger partial charge in [0.1, 0.15) is 22.9 Å². The van der Waals surface area contributed by atoms with Crippen LogP contribution in [0.3, 0.4) is 0 Å². The maximum atomic E-state index is 13.0. The first kappa shape index (κ1) is 30.1. The molecule has 0 unspecified atom stereocenters. The summed E-state index contributed by atoms with van der Waals surface area (Å²) in [5.41, 5.74) is 5.36. The Balaban J connectivity index is 1.45. The maximum absolute atomic E-state index is 13.0. The van der Waals surface area contributed by atoms with Crippen LogP contribution in [0.5, 0.6) is 5.75 Å². The molecule has 4 rings (SSSR count). The lowest BCUT2D eigenvalue weighted by atomic mass is 9.97. The van der Waals surface area contributed by atoms with Crippen molar-refractivity contribution in [3.63, 3.8) is 0 Å². The topological polar surface area (TPSA) is 95.3 Å².